The Morgan fingerprint density at radius 1 is 1.29 bits per heavy atom. The number of nitrogens with zero attached hydrogens (tertiary/aromatic N) is 3. The molecule has 130 valence electrons. The molecule has 0 bridgehead atoms. The molecule has 1 aromatic carbocycles. The predicted molar refractivity (Wildman–Crippen MR) is 95.8 cm³/mol. The number of aliphatic hydroxyl groups excluding tert-OH is 1. The Kier molecular flexibility index (Phi) is 5.92. The SMILES string of the molecule is CC(C)Cc1nc(CN2[C@H](CO)CSC[C@@H]2c2ccccc2)no1. The molecule has 3 rings (SSSR count). The van der Waals surface area contributed by atoms with Gasteiger partial charge in [-0.15, -0.1) is 0 Å². The molecule has 24 heavy (non-hydrogen) atoms. The summed E-state index contributed by atoms with van der Waals surface area (Å²) in [6, 6.07) is 10.8. The van der Waals surface area contributed by atoms with Gasteiger partial charge in [-0.05, 0) is 11.5 Å². The first-order valence-electron chi connectivity index (χ1n) is 8.48. The minimum atomic E-state index is 0.112. The van der Waals surface area contributed by atoms with Gasteiger partial charge in [0.25, 0.3) is 0 Å². The van der Waals surface area contributed by atoms with Crippen LogP contribution < -0.4 is 0 Å². The molecule has 1 N–H and O–H groups in total. The maximum atomic E-state index is 9.81. The van der Waals surface area contributed by atoms with Crippen LogP contribution in [0.4, 0.5) is 0 Å². The van der Waals surface area contributed by atoms with Gasteiger partial charge in [-0.2, -0.15) is 16.7 Å². The van der Waals surface area contributed by atoms with E-state index in [1.54, 1.807) is 0 Å². The summed E-state index contributed by atoms with van der Waals surface area (Å²) < 4.78 is 5.37. The highest BCUT2D eigenvalue weighted by atomic mass is 32.2. The van der Waals surface area contributed by atoms with Gasteiger partial charge in [-0.3, -0.25) is 4.90 Å². The summed E-state index contributed by atoms with van der Waals surface area (Å²) in [5.74, 6) is 3.83. The largest absolute Gasteiger partial charge is 0.395 e. The van der Waals surface area contributed by atoms with E-state index in [0.717, 1.165) is 17.9 Å². The van der Waals surface area contributed by atoms with Crippen molar-refractivity contribution >= 4 is 11.8 Å². The second kappa shape index (κ2) is 8.14. The molecule has 1 aromatic heterocycles. The highest BCUT2D eigenvalue weighted by molar-refractivity contribution is 7.99. The van der Waals surface area contributed by atoms with Gasteiger partial charge in [0.2, 0.25) is 5.89 Å². The van der Waals surface area contributed by atoms with Crippen LogP contribution in [0.5, 0.6) is 0 Å². The van der Waals surface area contributed by atoms with Crippen molar-refractivity contribution in [3.63, 3.8) is 0 Å². The Labute approximate surface area is 147 Å². The second-order valence-electron chi connectivity index (χ2n) is 6.67. The van der Waals surface area contributed by atoms with Gasteiger partial charge in [-0.25, -0.2) is 0 Å². The van der Waals surface area contributed by atoms with Gasteiger partial charge in [-0.1, -0.05) is 49.3 Å². The predicted octanol–water partition coefficient (Wildman–Crippen LogP) is 2.92. The van der Waals surface area contributed by atoms with Crippen LogP contribution in [0.25, 0.3) is 0 Å². The molecule has 1 saturated heterocycles. The Morgan fingerprint density at radius 2 is 2.08 bits per heavy atom. The smallest absolute Gasteiger partial charge is 0.226 e. The van der Waals surface area contributed by atoms with E-state index < -0.39 is 0 Å². The molecule has 5 nitrogen and oxygen atoms in total. The van der Waals surface area contributed by atoms with Gasteiger partial charge in [0, 0.05) is 30.0 Å². The fourth-order valence-electron chi connectivity index (χ4n) is 3.07. The monoisotopic (exact) mass is 347 g/mol. The third kappa shape index (κ3) is 4.18. The van der Waals surface area contributed by atoms with Crippen LogP contribution >= 0.6 is 11.8 Å². The molecule has 0 aliphatic carbocycles. The molecular formula is C18H25N3O2S. The van der Waals surface area contributed by atoms with Crippen molar-refractivity contribution < 1.29 is 9.63 Å². The highest BCUT2D eigenvalue weighted by Crippen LogP contribution is 2.33. The van der Waals surface area contributed by atoms with E-state index in [4.69, 9.17) is 4.52 Å². The molecule has 6 heteroatoms. The second-order valence-corrected chi connectivity index (χ2v) is 7.75. The molecule has 0 radical (unpaired) electrons. The minimum absolute atomic E-state index is 0.112. The molecule has 0 spiro atoms. The zero-order chi connectivity index (χ0) is 16.9. The van der Waals surface area contributed by atoms with Crippen LogP contribution in [0.3, 0.4) is 0 Å². The lowest BCUT2D eigenvalue weighted by Gasteiger charge is -2.40. The topological polar surface area (TPSA) is 62.4 Å². The van der Waals surface area contributed by atoms with Crippen LogP contribution in [0, 0.1) is 5.92 Å². The molecule has 2 heterocycles. The van der Waals surface area contributed by atoms with Crippen molar-refractivity contribution in [2.75, 3.05) is 18.1 Å². The fraction of sp³-hybridized carbons (Fsp3) is 0.556. The Hall–Kier alpha value is -1.37. The van der Waals surface area contributed by atoms with E-state index in [2.05, 4.69) is 53.2 Å². The van der Waals surface area contributed by atoms with Crippen molar-refractivity contribution in [3.8, 4) is 0 Å². The number of hydrogen-bond donors (Lipinski definition) is 1. The zero-order valence-corrected chi connectivity index (χ0v) is 15.1. The quantitative estimate of drug-likeness (QED) is 0.867. The Morgan fingerprint density at radius 3 is 2.79 bits per heavy atom. The third-order valence-electron chi connectivity index (χ3n) is 4.27. The minimum Gasteiger partial charge on any atom is -0.395 e. The number of benzene rings is 1. The van der Waals surface area contributed by atoms with Gasteiger partial charge >= 0.3 is 0 Å². The number of rotatable bonds is 6. The maximum absolute atomic E-state index is 9.81. The summed E-state index contributed by atoms with van der Waals surface area (Å²) in [6.45, 7) is 5.03. The van der Waals surface area contributed by atoms with E-state index in [-0.39, 0.29) is 18.7 Å². The van der Waals surface area contributed by atoms with Gasteiger partial charge < -0.3 is 9.63 Å². The van der Waals surface area contributed by atoms with Crippen molar-refractivity contribution in [1.29, 1.82) is 0 Å². The number of thioether (sulfide) groups is 1. The maximum Gasteiger partial charge on any atom is 0.226 e. The van der Waals surface area contributed by atoms with E-state index >= 15 is 0 Å². The summed E-state index contributed by atoms with van der Waals surface area (Å²) in [7, 11) is 0. The van der Waals surface area contributed by atoms with Crippen molar-refractivity contribution in [2.24, 2.45) is 5.92 Å². The summed E-state index contributed by atoms with van der Waals surface area (Å²) in [4.78, 5) is 6.85. The van der Waals surface area contributed by atoms with Crippen LogP contribution in [-0.4, -0.2) is 44.3 Å². The fourth-order valence-corrected chi connectivity index (χ4v) is 4.38. The van der Waals surface area contributed by atoms with Crippen molar-refractivity contribution in [1.82, 2.24) is 15.0 Å². The van der Waals surface area contributed by atoms with Gasteiger partial charge in [0.05, 0.1) is 13.2 Å². The van der Waals surface area contributed by atoms with E-state index in [1.165, 1.54) is 5.56 Å². The standard InChI is InChI=1S/C18H25N3O2S/c1-13(2)8-18-19-17(20-23-18)9-21-15(10-22)11-24-12-16(21)14-6-4-3-5-7-14/h3-7,13,15-16,22H,8-12H2,1-2H3/t15-,16-/m1/s1. The van der Waals surface area contributed by atoms with Crippen LogP contribution in [0.15, 0.2) is 34.9 Å². The lowest BCUT2D eigenvalue weighted by molar-refractivity contribution is 0.0883. The molecule has 2 aromatic rings. The summed E-state index contributed by atoms with van der Waals surface area (Å²) in [5, 5.41) is 14.0. The van der Waals surface area contributed by atoms with Crippen molar-refractivity contribution in [2.45, 2.75) is 38.9 Å². The number of aliphatic hydroxyl groups is 1. The Bertz CT molecular complexity index is 632. The van der Waals surface area contributed by atoms with Gasteiger partial charge in [0.1, 0.15) is 0 Å². The van der Waals surface area contributed by atoms with Gasteiger partial charge in [0.15, 0.2) is 5.82 Å². The first kappa shape index (κ1) is 17.5. The molecule has 0 unspecified atom stereocenters. The highest BCUT2D eigenvalue weighted by Gasteiger charge is 2.32. The average Bonchev–Trinajstić information content (AvgIpc) is 3.02. The molecule has 0 amide bonds. The Balaban J connectivity index is 1.79. The van der Waals surface area contributed by atoms with Crippen molar-refractivity contribution in [3.05, 3.63) is 47.6 Å². The molecule has 1 aliphatic rings. The molecule has 1 fully saturated rings. The number of hydrogen-bond acceptors (Lipinski definition) is 6. The first-order valence-corrected chi connectivity index (χ1v) is 9.63. The lowest BCUT2D eigenvalue weighted by atomic mass is 10.0. The van der Waals surface area contributed by atoms with Crippen LogP contribution in [-0.2, 0) is 13.0 Å². The van der Waals surface area contributed by atoms with Crippen LogP contribution in [0.2, 0.25) is 0 Å². The van der Waals surface area contributed by atoms with E-state index in [9.17, 15) is 5.11 Å². The normalized spacial score (nSPS) is 22.2. The lowest BCUT2D eigenvalue weighted by Crippen LogP contribution is -2.46. The third-order valence-corrected chi connectivity index (χ3v) is 5.44. The number of aromatic nitrogens is 2. The molecule has 1 aliphatic heterocycles. The summed E-state index contributed by atoms with van der Waals surface area (Å²) in [6.07, 6.45) is 0.800. The summed E-state index contributed by atoms with van der Waals surface area (Å²) in [5.41, 5.74) is 1.27. The van der Waals surface area contributed by atoms with E-state index in [1.807, 2.05) is 17.8 Å². The average molecular weight is 347 g/mol. The molecule has 0 saturated carbocycles. The zero-order valence-electron chi connectivity index (χ0n) is 14.3. The molecular weight excluding hydrogens is 322 g/mol. The molecule has 2 atom stereocenters. The summed E-state index contributed by atoms with van der Waals surface area (Å²) >= 11 is 1.89. The van der Waals surface area contributed by atoms with Crippen LogP contribution in [0.1, 0.15) is 37.2 Å². The van der Waals surface area contributed by atoms with E-state index in [0.29, 0.717) is 24.2 Å². The first-order chi connectivity index (χ1) is 11.7.